The molecule has 2 atom stereocenters. The smallest absolute Gasteiger partial charge is 0.127 e. The highest BCUT2D eigenvalue weighted by molar-refractivity contribution is 6.30. The van der Waals surface area contributed by atoms with Crippen LogP contribution in [0.15, 0.2) is 18.2 Å². The third kappa shape index (κ3) is 4.19. The monoisotopic (exact) mass is 283 g/mol. The Balaban J connectivity index is 1.93. The Morgan fingerprint density at radius 2 is 2.11 bits per heavy atom. The molecule has 2 rings (SSSR count). The van der Waals surface area contributed by atoms with Gasteiger partial charge in [0, 0.05) is 5.02 Å². The molecule has 0 spiro atoms. The van der Waals surface area contributed by atoms with Crippen molar-refractivity contribution in [2.75, 3.05) is 13.1 Å². The van der Waals surface area contributed by atoms with Crippen molar-refractivity contribution in [3.63, 3.8) is 0 Å². The summed E-state index contributed by atoms with van der Waals surface area (Å²) in [6.45, 7) is 4.34. The van der Waals surface area contributed by atoms with E-state index in [-0.39, 0.29) is 5.82 Å². The molecular formula is C16H23ClFN. The zero-order valence-electron chi connectivity index (χ0n) is 11.6. The Labute approximate surface area is 120 Å². The summed E-state index contributed by atoms with van der Waals surface area (Å²) in [7, 11) is 0. The Morgan fingerprint density at radius 3 is 2.84 bits per heavy atom. The largest absolute Gasteiger partial charge is 0.316 e. The molecule has 19 heavy (non-hydrogen) atoms. The van der Waals surface area contributed by atoms with E-state index < -0.39 is 0 Å². The van der Waals surface area contributed by atoms with Gasteiger partial charge in [0.25, 0.3) is 0 Å². The van der Waals surface area contributed by atoms with Crippen LogP contribution in [0.4, 0.5) is 4.39 Å². The molecule has 0 radical (unpaired) electrons. The minimum absolute atomic E-state index is 0.153. The number of rotatable bonds is 6. The molecule has 0 aromatic heterocycles. The summed E-state index contributed by atoms with van der Waals surface area (Å²) in [5, 5.41) is 3.98. The fourth-order valence-electron chi connectivity index (χ4n) is 3.09. The van der Waals surface area contributed by atoms with Crippen molar-refractivity contribution in [2.45, 2.75) is 39.0 Å². The second-order valence-corrected chi connectivity index (χ2v) is 6.03. The average Bonchev–Trinajstić information content (AvgIpc) is 2.81. The third-order valence-electron chi connectivity index (χ3n) is 4.15. The number of hydrogen-bond donors (Lipinski definition) is 1. The molecule has 1 aromatic rings. The second-order valence-electron chi connectivity index (χ2n) is 5.60. The minimum Gasteiger partial charge on any atom is -0.316 e. The highest BCUT2D eigenvalue weighted by Gasteiger charge is 2.27. The van der Waals surface area contributed by atoms with Crippen molar-refractivity contribution in [1.82, 2.24) is 5.32 Å². The molecule has 0 aliphatic heterocycles. The molecule has 1 nitrogen and oxygen atoms in total. The van der Waals surface area contributed by atoms with E-state index in [0.29, 0.717) is 16.9 Å². The van der Waals surface area contributed by atoms with E-state index in [1.807, 2.05) is 6.07 Å². The van der Waals surface area contributed by atoms with Crippen LogP contribution in [0.3, 0.4) is 0 Å². The first-order valence-electron chi connectivity index (χ1n) is 7.35. The first-order chi connectivity index (χ1) is 9.20. The Hall–Kier alpha value is -0.600. The average molecular weight is 284 g/mol. The van der Waals surface area contributed by atoms with Gasteiger partial charge in [-0.3, -0.25) is 0 Å². The van der Waals surface area contributed by atoms with Gasteiger partial charge >= 0.3 is 0 Å². The molecule has 106 valence electrons. The summed E-state index contributed by atoms with van der Waals surface area (Å²) in [5.74, 6) is 1.15. The van der Waals surface area contributed by atoms with Crippen LogP contribution in [0, 0.1) is 17.7 Å². The predicted molar refractivity (Wildman–Crippen MR) is 79.1 cm³/mol. The number of nitrogens with one attached hydrogen (secondary N) is 1. The van der Waals surface area contributed by atoms with Crippen molar-refractivity contribution in [2.24, 2.45) is 11.8 Å². The predicted octanol–water partition coefficient (Wildman–Crippen LogP) is 4.44. The lowest BCUT2D eigenvalue weighted by atomic mass is 9.89. The molecule has 1 aliphatic carbocycles. The maximum absolute atomic E-state index is 13.8. The van der Waals surface area contributed by atoms with E-state index in [4.69, 9.17) is 11.6 Å². The van der Waals surface area contributed by atoms with Crippen LogP contribution in [0.25, 0.3) is 0 Å². The first-order valence-corrected chi connectivity index (χ1v) is 7.73. The highest BCUT2D eigenvalue weighted by atomic mass is 35.5. The summed E-state index contributed by atoms with van der Waals surface area (Å²) < 4.78 is 13.8. The van der Waals surface area contributed by atoms with Gasteiger partial charge in [-0.05, 0) is 68.3 Å². The lowest BCUT2D eigenvalue weighted by Crippen LogP contribution is -2.26. The van der Waals surface area contributed by atoms with Gasteiger partial charge < -0.3 is 5.32 Å². The number of benzene rings is 1. The summed E-state index contributed by atoms with van der Waals surface area (Å²) in [6, 6.07) is 5.06. The van der Waals surface area contributed by atoms with Gasteiger partial charge in [0.2, 0.25) is 0 Å². The zero-order valence-corrected chi connectivity index (χ0v) is 12.3. The van der Waals surface area contributed by atoms with E-state index in [2.05, 4.69) is 12.2 Å². The van der Waals surface area contributed by atoms with Crippen LogP contribution in [-0.2, 0) is 6.42 Å². The normalized spacial score (nSPS) is 22.9. The molecule has 1 aliphatic rings. The lowest BCUT2D eigenvalue weighted by molar-refractivity contribution is 0.361. The van der Waals surface area contributed by atoms with Crippen LogP contribution in [-0.4, -0.2) is 13.1 Å². The lowest BCUT2D eigenvalue weighted by Gasteiger charge is -2.20. The molecule has 1 aromatic carbocycles. The van der Waals surface area contributed by atoms with Gasteiger partial charge in [0.05, 0.1) is 0 Å². The van der Waals surface area contributed by atoms with Crippen molar-refractivity contribution >= 4 is 11.6 Å². The molecular weight excluding hydrogens is 261 g/mol. The van der Waals surface area contributed by atoms with E-state index >= 15 is 0 Å². The molecule has 0 bridgehead atoms. The topological polar surface area (TPSA) is 12.0 Å². The van der Waals surface area contributed by atoms with E-state index in [1.165, 1.54) is 31.7 Å². The molecule has 1 saturated carbocycles. The zero-order chi connectivity index (χ0) is 13.7. The summed E-state index contributed by atoms with van der Waals surface area (Å²) >= 11 is 5.80. The summed E-state index contributed by atoms with van der Waals surface area (Å²) in [5.41, 5.74) is 0.816. The summed E-state index contributed by atoms with van der Waals surface area (Å²) in [4.78, 5) is 0. The van der Waals surface area contributed by atoms with Crippen LogP contribution in [0.2, 0.25) is 5.02 Å². The Kier molecular flexibility index (Phi) is 5.65. The molecule has 0 heterocycles. The maximum atomic E-state index is 13.8. The molecule has 0 amide bonds. The fourth-order valence-corrected chi connectivity index (χ4v) is 3.24. The summed E-state index contributed by atoms with van der Waals surface area (Å²) in [6.07, 6.45) is 5.79. The van der Waals surface area contributed by atoms with Crippen molar-refractivity contribution in [3.8, 4) is 0 Å². The molecule has 3 heteroatoms. The van der Waals surface area contributed by atoms with Crippen molar-refractivity contribution in [3.05, 3.63) is 34.6 Å². The van der Waals surface area contributed by atoms with Crippen LogP contribution < -0.4 is 5.32 Å². The van der Waals surface area contributed by atoms with Crippen LogP contribution >= 0.6 is 11.6 Å². The Morgan fingerprint density at radius 1 is 1.32 bits per heavy atom. The number of hydrogen-bond acceptors (Lipinski definition) is 1. The maximum Gasteiger partial charge on any atom is 0.127 e. The first kappa shape index (κ1) is 14.8. The molecule has 1 N–H and O–H groups in total. The molecule has 1 fully saturated rings. The quantitative estimate of drug-likeness (QED) is 0.761. The van der Waals surface area contributed by atoms with Gasteiger partial charge in [-0.2, -0.15) is 0 Å². The van der Waals surface area contributed by atoms with Gasteiger partial charge in [0.1, 0.15) is 5.82 Å². The van der Waals surface area contributed by atoms with Gasteiger partial charge in [-0.15, -0.1) is 0 Å². The van der Waals surface area contributed by atoms with E-state index in [0.717, 1.165) is 25.1 Å². The third-order valence-corrected chi connectivity index (χ3v) is 4.38. The van der Waals surface area contributed by atoms with Crippen LogP contribution in [0.1, 0.15) is 38.2 Å². The number of halogens is 2. The standard InChI is InChI=1S/C16H23ClFN/c1-2-8-19-11-14-5-3-4-12(14)9-13-6-7-15(17)10-16(13)18/h6-7,10,12,14,19H,2-5,8-9,11H2,1H3. The van der Waals surface area contributed by atoms with Gasteiger partial charge in [-0.25, -0.2) is 4.39 Å². The second kappa shape index (κ2) is 7.25. The molecule has 0 saturated heterocycles. The van der Waals surface area contributed by atoms with Gasteiger partial charge in [0.15, 0.2) is 0 Å². The van der Waals surface area contributed by atoms with Gasteiger partial charge in [-0.1, -0.05) is 31.0 Å². The Bertz CT molecular complexity index is 408. The fraction of sp³-hybridized carbons (Fsp3) is 0.625. The highest BCUT2D eigenvalue weighted by Crippen LogP contribution is 2.34. The minimum atomic E-state index is -0.153. The SMILES string of the molecule is CCCNCC1CCCC1Cc1ccc(Cl)cc1F. The van der Waals surface area contributed by atoms with E-state index in [1.54, 1.807) is 6.07 Å². The van der Waals surface area contributed by atoms with Crippen molar-refractivity contribution < 1.29 is 4.39 Å². The van der Waals surface area contributed by atoms with Crippen molar-refractivity contribution in [1.29, 1.82) is 0 Å². The van der Waals surface area contributed by atoms with E-state index in [9.17, 15) is 4.39 Å². The van der Waals surface area contributed by atoms with Crippen LogP contribution in [0.5, 0.6) is 0 Å². The molecule has 2 unspecified atom stereocenters.